The van der Waals surface area contributed by atoms with E-state index in [1.165, 1.54) is 4.57 Å². The molecular weight excluding hydrogens is 330 g/mol. The second-order valence-electron chi connectivity index (χ2n) is 5.68. The van der Waals surface area contributed by atoms with E-state index in [2.05, 4.69) is 20.3 Å². The molecule has 0 aliphatic carbocycles. The van der Waals surface area contributed by atoms with Crippen LogP contribution in [0.3, 0.4) is 0 Å². The van der Waals surface area contributed by atoms with Crippen molar-refractivity contribution in [3.63, 3.8) is 0 Å². The van der Waals surface area contributed by atoms with Gasteiger partial charge < -0.3 is 10.1 Å². The Morgan fingerprint density at radius 3 is 3.04 bits per heavy atom. The van der Waals surface area contributed by atoms with Crippen molar-refractivity contribution in [3.05, 3.63) is 45.6 Å². The highest BCUT2D eigenvalue weighted by Gasteiger charge is 2.23. The molecule has 4 rings (SSSR count). The van der Waals surface area contributed by atoms with Crippen molar-refractivity contribution in [3.8, 4) is 11.7 Å². The van der Waals surface area contributed by atoms with Gasteiger partial charge in [-0.25, -0.2) is 19.3 Å². The Balaban J connectivity index is 2.15. The normalized spacial score (nSPS) is 16.4. The SMILES string of the molecule is Cc1cccnc1-n1c(=O)nc2c3c(nc(Cl)cc31)OC(C)CN2. The summed E-state index contributed by atoms with van der Waals surface area (Å²) >= 11 is 6.16. The van der Waals surface area contributed by atoms with Crippen LogP contribution in [0.5, 0.6) is 5.88 Å². The Kier molecular flexibility index (Phi) is 3.38. The van der Waals surface area contributed by atoms with E-state index in [0.717, 1.165) is 5.56 Å². The number of rotatable bonds is 1. The van der Waals surface area contributed by atoms with Crippen LogP contribution in [0.15, 0.2) is 29.2 Å². The summed E-state index contributed by atoms with van der Waals surface area (Å²) in [7, 11) is 0. The molecule has 0 fully saturated rings. The lowest BCUT2D eigenvalue weighted by molar-refractivity contribution is 0.231. The lowest BCUT2D eigenvalue weighted by Crippen LogP contribution is -2.25. The van der Waals surface area contributed by atoms with E-state index in [-0.39, 0.29) is 11.3 Å². The average Bonchev–Trinajstić information content (AvgIpc) is 2.68. The van der Waals surface area contributed by atoms with E-state index >= 15 is 0 Å². The number of hydrogen-bond donors (Lipinski definition) is 1. The summed E-state index contributed by atoms with van der Waals surface area (Å²) in [6.45, 7) is 4.30. The summed E-state index contributed by atoms with van der Waals surface area (Å²) in [5.74, 6) is 1.32. The number of hydrogen-bond acceptors (Lipinski definition) is 6. The number of anilines is 1. The summed E-state index contributed by atoms with van der Waals surface area (Å²) in [5, 5.41) is 4.00. The van der Waals surface area contributed by atoms with E-state index < -0.39 is 5.69 Å². The monoisotopic (exact) mass is 343 g/mol. The van der Waals surface area contributed by atoms with Crippen LogP contribution in [0.1, 0.15) is 12.5 Å². The van der Waals surface area contributed by atoms with Crippen molar-refractivity contribution in [2.24, 2.45) is 0 Å². The largest absolute Gasteiger partial charge is 0.472 e. The molecule has 0 amide bonds. The molecule has 0 bridgehead atoms. The van der Waals surface area contributed by atoms with E-state index in [4.69, 9.17) is 16.3 Å². The van der Waals surface area contributed by atoms with Crippen molar-refractivity contribution in [2.75, 3.05) is 11.9 Å². The predicted octanol–water partition coefficient (Wildman–Crippen LogP) is 2.33. The fourth-order valence-electron chi connectivity index (χ4n) is 2.79. The Labute approximate surface area is 142 Å². The van der Waals surface area contributed by atoms with Gasteiger partial charge in [0.25, 0.3) is 0 Å². The molecule has 24 heavy (non-hydrogen) atoms. The van der Waals surface area contributed by atoms with Gasteiger partial charge in [0, 0.05) is 12.3 Å². The highest BCUT2D eigenvalue weighted by molar-refractivity contribution is 6.30. The third-order valence-corrected chi connectivity index (χ3v) is 4.07. The second kappa shape index (κ2) is 5.45. The molecule has 1 atom stereocenters. The highest BCUT2D eigenvalue weighted by Crippen LogP contribution is 2.34. The maximum Gasteiger partial charge on any atom is 0.355 e. The number of ether oxygens (including phenoxy) is 1. The van der Waals surface area contributed by atoms with Crippen molar-refractivity contribution in [2.45, 2.75) is 20.0 Å². The molecule has 8 heteroatoms. The molecule has 1 aliphatic heterocycles. The van der Waals surface area contributed by atoms with Gasteiger partial charge in [0.05, 0.1) is 12.1 Å². The van der Waals surface area contributed by atoms with Crippen molar-refractivity contribution >= 4 is 28.3 Å². The van der Waals surface area contributed by atoms with Gasteiger partial charge in [-0.2, -0.15) is 4.98 Å². The van der Waals surface area contributed by atoms with Crippen LogP contribution in [0.4, 0.5) is 5.82 Å². The van der Waals surface area contributed by atoms with E-state index in [1.54, 1.807) is 12.3 Å². The Hall–Kier alpha value is -2.67. The highest BCUT2D eigenvalue weighted by atomic mass is 35.5. The zero-order chi connectivity index (χ0) is 16.8. The maximum absolute atomic E-state index is 12.7. The molecule has 7 nitrogen and oxygen atoms in total. The maximum atomic E-state index is 12.7. The molecule has 0 saturated carbocycles. The van der Waals surface area contributed by atoms with Gasteiger partial charge in [0.2, 0.25) is 5.88 Å². The van der Waals surface area contributed by atoms with Crippen molar-refractivity contribution in [1.29, 1.82) is 0 Å². The van der Waals surface area contributed by atoms with Gasteiger partial charge in [0.1, 0.15) is 28.3 Å². The van der Waals surface area contributed by atoms with Gasteiger partial charge in [0.15, 0.2) is 0 Å². The van der Waals surface area contributed by atoms with E-state index in [1.807, 2.05) is 26.0 Å². The van der Waals surface area contributed by atoms with Crippen molar-refractivity contribution in [1.82, 2.24) is 19.5 Å². The topological polar surface area (TPSA) is 81.9 Å². The fraction of sp³-hybridized carbons (Fsp3) is 0.250. The molecule has 1 unspecified atom stereocenters. The molecule has 0 spiro atoms. The van der Waals surface area contributed by atoms with Gasteiger partial charge in [-0.05, 0) is 25.5 Å². The molecule has 4 heterocycles. The number of halogens is 1. The second-order valence-corrected chi connectivity index (χ2v) is 6.06. The van der Waals surface area contributed by atoms with Gasteiger partial charge in [-0.3, -0.25) is 0 Å². The van der Waals surface area contributed by atoms with Crippen LogP contribution in [0.25, 0.3) is 16.7 Å². The molecule has 3 aromatic rings. The minimum atomic E-state index is -0.436. The number of nitrogens with one attached hydrogen (secondary N) is 1. The van der Waals surface area contributed by atoms with Crippen LogP contribution < -0.4 is 15.7 Å². The van der Waals surface area contributed by atoms with Crippen LogP contribution in [-0.4, -0.2) is 32.2 Å². The molecule has 0 aromatic carbocycles. The number of aryl methyl sites for hydroxylation is 1. The van der Waals surface area contributed by atoms with Crippen LogP contribution in [0, 0.1) is 6.92 Å². The summed E-state index contributed by atoms with van der Waals surface area (Å²) in [5.41, 5.74) is 0.972. The van der Waals surface area contributed by atoms with E-state index in [9.17, 15) is 4.79 Å². The summed E-state index contributed by atoms with van der Waals surface area (Å²) in [6, 6.07) is 5.32. The van der Waals surface area contributed by atoms with Crippen LogP contribution in [-0.2, 0) is 0 Å². The van der Waals surface area contributed by atoms with Gasteiger partial charge in [-0.15, -0.1) is 0 Å². The smallest absolute Gasteiger partial charge is 0.355 e. The standard InChI is InChI=1S/C16H14ClN5O2/c1-8-4-3-5-18-14(8)22-10-6-11(17)20-15-12(10)13(21-16(22)23)19-7-9(2)24-15/h3-6,9H,7H2,1-2H3,(H,19,21,23). The van der Waals surface area contributed by atoms with Gasteiger partial charge in [-0.1, -0.05) is 17.7 Å². The minimum absolute atomic E-state index is 0.131. The zero-order valence-electron chi connectivity index (χ0n) is 13.1. The number of pyridine rings is 2. The molecular formula is C16H14ClN5O2. The molecule has 1 N–H and O–H groups in total. The molecule has 122 valence electrons. The first-order chi connectivity index (χ1) is 11.5. The zero-order valence-corrected chi connectivity index (χ0v) is 13.8. The van der Waals surface area contributed by atoms with E-state index in [0.29, 0.717) is 35.0 Å². The average molecular weight is 344 g/mol. The van der Waals surface area contributed by atoms with Crippen molar-refractivity contribution < 1.29 is 4.74 Å². The molecule has 1 aliphatic rings. The Morgan fingerprint density at radius 1 is 1.42 bits per heavy atom. The summed E-state index contributed by atoms with van der Waals surface area (Å²) in [4.78, 5) is 25.4. The number of aromatic nitrogens is 4. The molecule has 0 saturated heterocycles. The quantitative estimate of drug-likeness (QED) is 0.683. The first kappa shape index (κ1) is 14.9. The van der Waals surface area contributed by atoms with Gasteiger partial charge >= 0.3 is 5.69 Å². The molecule has 0 radical (unpaired) electrons. The number of nitrogens with zero attached hydrogens (tertiary/aromatic N) is 4. The predicted molar refractivity (Wildman–Crippen MR) is 91.3 cm³/mol. The first-order valence-corrected chi connectivity index (χ1v) is 7.88. The summed E-state index contributed by atoms with van der Waals surface area (Å²) in [6.07, 6.45) is 1.50. The third-order valence-electron chi connectivity index (χ3n) is 3.87. The lowest BCUT2D eigenvalue weighted by Gasteiger charge is -2.14. The Bertz CT molecular complexity index is 1020. The summed E-state index contributed by atoms with van der Waals surface area (Å²) < 4.78 is 7.27. The minimum Gasteiger partial charge on any atom is -0.472 e. The van der Waals surface area contributed by atoms with Crippen LogP contribution >= 0.6 is 11.6 Å². The lowest BCUT2D eigenvalue weighted by atomic mass is 10.2. The Morgan fingerprint density at radius 2 is 2.25 bits per heavy atom. The molecule has 3 aromatic heterocycles. The van der Waals surface area contributed by atoms with Crippen LogP contribution in [0.2, 0.25) is 5.15 Å². The fourth-order valence-corrected chi connectivity index (χ4v) is 2.97. The first-order valence-electron chi connectivity index (χ1n) is 7.50. The third kappa shape index (κ3) is 2.28.